The zero-order valence-corrected chi connectivity index (χ0v) is 10.6. The maximum atomic E-state index is 10.8. The van der Waals surface area contributed by atoms with Gasteiger partial charge in [-0.1, -0.05) is 26.0 Å². The SMILES string of the molecule is CC(C)(C)c1cnnn1-c1ccc(C(=O)O)cc1. The second-order valence-corrected chi connectivity index (χ2v) is 5.13. The number of aromatic carboxylic acids is 1. The molecule has 18 heavy (non-hydrogen) atoms. The Labute approximate surface area is 105 Å². The standard InChI is InChI=1S/C13H15N3O2/c1-13(2,3)11-8-14-15-16(11)10-6-4-9(5-7-10)12(17)18/h4-8H,1-3H3,(H,17,18). The largest absolute Gasteiger partial charge is 0.478 e. The fourth-order valence-corrected chi connectivity index (χ4v) is 1.68. The summed E-state index contributed by atoms with van der Waals surface area (Å²) in [5.41, 5.74) is 1.97. The molecule has 5 nitrogen and oxygen atoms in total. The van der Waals surface area contributed by atoms with Gasteiger partial charge in [-0.05, 0) is 24.3 Å². The summed E-state index contributed by atoms with van der Waals surface area (Å²) in [6, 6.07) is 6.58. The molecule has 0 aliphatic carbocycles. The van der Waals surface area contributed by atoms with Gasteiger partial charge in [0.25, 0.3) is 0 Å². The van der Waals surface area contributed by atoms with Gasteiger partial charge in [0, 0.05) is 5.41 Å². The molecule has 0 fully saturated rings. The molecule has 0 aliphatic heterocycles. The van der Waals surface area contributed by atoms with Crippen molar-refractivity contribution in [2.45, 2.75) is 26.2 Å². The first-order valence-electron chi connectivity index (χ1n) is 5.64. The highest BCUT2D eigenvalue weighted by Crippen LogP contribution is 2.23. The molecule has 0 radical (unpaired) electrons. The first kappa shape index (κ1) is 12.3. The van der Waals surface area contributed by atoms with Gasteiger partial charge in [-0.15, -0.1) is 5.10 Å². The van der Waals surface area contributed by atoms with Crippen LogP contribution in [0.15, 0.2) is 30.5 Å². The van der Waals surface area contributed by atoms with Gasteiger partial charge in [0.15, 0.2) is 0 Å². The Kier molecular flexibility index (Phi) is 2.90. The highest BCUT2D eigenvalue weighted by atomic mass is 16.4. The maximum Gasteiger partial charge on any atom is 0.335 e. The summed E-state index contributed by atoms with van der Waals surface area (Å²) < 4.78 is 1.73. The molecule has 1 N–H and O–H groups in total. The minimum atomic E-state index is -0.934. The van der Waals surface area contributed by atoms with Crippen LogP contribution in [0.5, 0.6) is 0 Å². The van der Waals surface area contributed by atoms with E-state index in [9.17, 15) is 4.79 Å². The van der Waals surface area contributed by atoms with E-state index in [0.29, 0.717) is 0 Å². The summed E-state index contributed by atoms with van der Waals surface area (Å²) in [4.78, 5) is 10.8. The molecular formula is C13H15N3O2. The van der Waals surface area contributed by atoms with Crippen LogP contribution in [0.3, 0.4) is 0 Å². The molecule has 0 saturated heterocycles. The zero-order chi connectivity index (χ0) is 13.3. The van der Waals surface area contributed by atoms with Gasteiger partial charge in [-0.2, -0.15) is 0 Å². The molecule has 1 aromatic carbocycles. The normalized spacial score (nSPS) is 11.5. The third-order valence-corrected chi connectivity index (χ3v) is 2.68. The molecule has 0 saturated carbocycles. The van der Waals surface area contributed by atoms with Crippen LogP contribution >= 0.6 is 0 Å². The smallest absolute Gasteiger partial charge is 0.335 e. The summed E-state index contributed by atoms with van der Waals surface area (Å²) in [6.07, 6.45) is 1.73. The maximum absolute atomic E-state index is 10.8. The van der Waals surface area contributed by atoms with Crippen LogP contribution in [-0.4, -0.2) is 26.1 Å². The summed E-state index contributed by atoms with van der Waals surface area (Å²) in [7, 11) is 0. The van der Waals surface area contributed by atoms with Crippen molar-refractivity contribution in [1.82, 2.24) is 15.0 Å². The first-order valence-corrected chi connectivity index (χ1v) is 5.64. The number of carboxylic acids is 1. The molecule has 0 aliphatic rings. The van der Waals surface area contributed by atoms with Crippen molar-refractivity contribution in [1.29, 1.82) is 0 Å². The molecule has 0 bridgehead atoms. The van der Waals surface area contributed by atoms with Crippen molar-refractivity contribution >= 4 is 5.97 Å². The van der Waals surface area contributed by atoms with E-state index in [2.05, 4.69) is 31.1 Å². The summed E-state index contributed by atoms with van der Waals surface area (Å²) in [5.74, 6) is -0.934. The Morgan fingerprint density at radius 3 is 2.33 bits per heavy atom. The lowest BCUT2D eigenvalue weighted by atomic mass is 9.92. The average molecular weight is 245 g/mol. The number of carbonyl (C=O) groups is 1. The number of hydrogen-bond acceptors (Lipinski definition) is 3. The van der Waals surface area contributed by atoms with Crippen molar-refractivity contribution in [3.63, 3.8) is 0 Å². The molecule has 0 atom stereocenters. The van der Waals surface area contributed by atoms with E-state index in [1.807, 2.05) is 0 Å². The fourth-order valence-electron chi connectivity index (χ4n) is 1.68. The molecule has 0 spiro atoms. The summed E-state index contributed by atoms with van der Waals surface area (Å²) in [6.45, 7) is 6.23. The molecule has 2 aromatic rings. The predicted octanol–water partition coefficient (Wildman–Crippen LogP) is 2.26. The third-order valence-electron chi connectivity index (χ3n) is 2.68. The number of aromatic nitrogens is 3. The van der Waals surface area contributed by atoms with Gasteiger partial charge in [0.05, 0.1) is 23.1 Å². The predicted molar refractivity (Wildman–Crippen MR) is 67.0 cm³/mol. The average Bonchev–Trinajstić information content (AvgIpc) is 2.77. The van der Waals surface area contributed by atoms with E-state index in [0.717, 1.165) is 11.4 Å². The Morgan fingerprint density at radius 2 is 1.83 bits per heavy atom. The van der Waals surface area contributed by atoms with Crippen LogP contribution in [0.4, 0.5) is 0 Å². The Morgan fingerprint density at radius 1 is 1.22 bits per heavy atom. The molecule has 2 rings (SSSR count). The molecule has 1 heterocycles. The lowest BCUT2D eigenvalue weighted by molar-refractivity contribution is 0.0697. The van der Waals surface area contributed by atoms with Crippen molar-refractivity contribution in [2.75, 3.05) is 0 Å². The Balaban J connectivity index is 2.44. The van der Waals surface area contributed by atoms with Crippen LogP contribution in [0.25, 0.3) is 5.69 Å². The third kappa shape index (κ3) is 2.25. The van der Waals surface area contributed by atoms with Gasteiger partial charge >= 0.3 is 5.97 Å². The van der Waals surface area contributed by atoms with Gasteiger partial charge in [0.1, 0.15) is 0 Å². The monoisotopic (exact) mass is 245 g/mol. The molecule has 5 heteroatoms. The summed E-state index contributed by atoms with van der Waals surface area (Å²) >= 11 is 0. The minimum absolute atomic E-state index is 0.0744. The lowest BCUT2D eigenvalue weighted by Crippen LogP contribution is -2.17. The van der Waals surface area contributed by atoms with Crippen molar-refractivity contribution in [2.24, 2.45) is 0 Å². The van der Waals surface area contributed by atoms with Crippen molar-refractivity contribution in [3.05, 3.63) is 41.7 Å². The van der Waals surface area contributed by atoms with Gasteiger partial charge < -0.3 is 5.11 Å². The molecule has 94 valence electrons. The number of rotatable bonds is 2. The van der Waals surface area contributed by atoms with E-state index in [4.69, 9.17) is 5.11 Å². The van der Waals surface area contributed by atoms with E-state index in [1.165, 1.54) is 0 Å². The molecule has 0 amide bonds. The molecule has 1 aromatic heterocycles. The quantitative estimate of drug-likeness (QED) is 0.881. The van der Waals surface area contributed by atoms with Crippen LogP contribution < -0.4 is 0 Å². The van der Waals surface area contributed by atoms with Crippen LogP contribution in [-0.2, 0) is 5.41 Å². The Bertz CT molecular complexity index is 565. The fraction of sp³-hybridized carbons (Fsp3) is 0.308. The van der Waals surface area contributed by atoms with Crippen LogP contribution in [0.1, 0.15) is 36.8 Å². The highest BCUT2D eigenvalue weighted by molar-refractivity contribution is 5.87. The lowest BCUT2D eigenvalue weighted by Gasteiger charge is -2.19. The van der Waals surface area contributed by atoms with Gasteiger partial charge in [0.2, 0.25) is 0 Å². The second-order valence-electron chi connectivity index (χ2n) is 5.13. The number of nitrogens with zero attached hydrogens (tertiary/aromatic N) is 3. The first-order chi connectivity index (χ1) is 8.39. The van der Waals surface area contributed by atoms with E-state index < -0.39 is 5.97 Å². The topological polar surface area (TPSA) is 68.0 Å². The Hall–Kier alpha value is -2.17. The van der Waals surface area contributed by atoms with Crippen molar-refractivity contribution < 1.29 is 9.90 Å². The van der Waals surface area contributed by atoms with Crippen LogP contribution in [0.2, 0.25) is 0 Å². The number of hydrogen-bond donors (Lipinski definition) is 1. The van der Waals surface area contributed by atoms with Gasteiger partial charge in [-0.3, -0.25) is 0 Å². The van der Waals surface area contributed by atoms with E-state index in [1.54, 1.807) is 35.1 Å². The highest BCUT2D eigenvalue weighted by Gasteiger charge is 2.20. The second kappa shape index (κ2) is 4.25. The van der Waals surface area contributed by atoms with Gasteiger partial charge in [-0.25, -0.2) is 9.48 Å². The minimum Gasteiger partial charge on any atom is -0.478 e. The van der Waals surface area contributed by atoms with Crippen LogP contribution in [0, 0.1) is 0 Å². The number of benzene rings is 1. The number of carboxylic acid groups (broad SMARTS) is 1. The van der Waals surface area contributed by atoms with E-state index in [-0.39, 0.29) is 11.0 Å². The molecular weight excluding hydrogens is 230 g/mol. The van der Waals surface area contributed by atoms with E-state index >= 15 is 0 Å². The zero-order valence-electron chi connectivity index (χ0n) is 10.6. The van der Waals surface area contributed by atoms with Crippen molar-refractivity contribution in [3.8, 4) is 5.69 Å². The summed E-state index contributed by atoms with van der Waals surface area (Å²) in [5, 5.41) is 16.8. The molecule has 0 unspecified atom stereocenters.